The van der Waals surface area contributed by atoms with Gasteiger partial charge < -0.3 is 14.5 Å². The number of ether oxygens (including phenoxy) is 2. The van der Waals surface area contributed by atoms with E-state index in [1.165, 1.54) is 0 Å². The Labute approximate surface area is 197 Å². The van der Waals surface area contributed by atoms with Crippen molar-refractivity contribution in [3.63, 3.8) is 0 Å². The van der Waals surface area contributed by atoms with Gasteiger partial charge >= 0.3 is 0 Å². The first-order valence-corrected chi connectivity index (χ1v) is 11.9. The maximum Gasteiger partial charge on any atom is 0.181 e. The van der Waals surface area contributed by atoms with Crippen molar-refractivity contribution in [2.24, 2.45) is 0 Å². The first-order valence-electron chi connectivity index (χ1n) is 11.5. The quantitative estimate of drug-likeness (QED) is 0.320. The molecule has 4 heterocycles. The van der Waals surface area contributed by atoms with E-state index in [2.05, 4.69) is 39.0 Å². The van der Waals surface area contributed by atoms with Gasteiger partial charge in [0.05, 0.1) is 36.4 Å². The second-order valence-corrected chi connectivity index (χ2v) is 8.87. The van der Waals surface area contributed by atoms with Gasteiger partial charge in [0.15, 0.2) is 5.82 Å². The average molecular weight is 469 g/mol. The molecule has 0 unspecified atom stereocenters. The number of nitrogens with zero attached hydrogens (tertiary/aromatic N) is 5. The van der Waals surface area contributed by atoms with Crippen molar-refractivity contribution in [2.45, 2.75) is 33.7 Å². The highest BCUT2D eigenvalue weighted by molar-refractivity contribution is 6.36. The number of hydrogen-bond acceptors (Lipinski definition) is 6. The molecular formula is C24H29ClN6O2. The third-order valence-electron chi connectivity index (χ3n) is 6.03. The summed E-state index contributed by atoms with van der Waals surface area (Å²) in [5.74, 6) is 1.38. The molecule has 5 rings (SSSR count). The smallest absolute Gasteiger partial charge is 0.181 e. The molecule has 1 saturated heterocycles. The lowest BCUT2D eigenvalue weighted by Crippen LogP contribution is -2.37. The van der Waals surface area contributed by atoms with Gasteiger partial charge in [0.1, 0.15) is 22.2 Å². The maximum atomic E-state index is 6.69. The highest BCUT2D eigenvalue weighted by atomic mass is 35.5. The fraction of sp³-hybridized carbons (Fsp3) is 0.458. The summed E-state index contributed by atoms with van der Waals surface area (Å²) in [6.45, 7) is 12.1. The van der Waals surface area contributed by atoms with Crippen LogP contribution < -0.4 is 4.74 Å². The van der Waals surface area contributed by atoms with Gasteiger partial charge in [-0.05, 0) is 51.0 Å². The van der Waals surface area contributed by atoms with Crippen LogP contribution in [-0.2, 0) is 11.3 Å². The molecule has 0 radical (unpaired) electrons. The summed E-state index contributed by atoms with van der Waals surface area (Å²) in [6.07, 6.45) is 0.959. The third kappa shape index (κ3) is 4.43. The van der Waals surface area contributed by atoms with E-state index in [1.807, 2.05) is 24.6 Å². The molecule has 0 bridgehead atoms. The fourth-order valence-corrected chi connectivity index (χ4v) is 4.72. The number of aromatic amines is 1. The van der Waals surface area contributed by atoms with Crippen LogP contribution in [-0.4, -0.2) is 69.1 Å². The minimum absolute atomic E-state index is 0.423. The van der Waals surface area contributed by atoms with Crippen molar-refractivity contribution < 1.29 is 9.47 Å². The summed E-state index contributed by atoms with van der Waals surface area (Å²) in [6, 6.07) is 6.14. The lowest BCUT2D eigenvalue weighted by atomic mass is 10.1. The Balaban J connectivity index is 1.45. The minimum Gasteiger partial charge on any atom is -0.491 e. The second kappa shape index (κ2) is 9.29. The van der Waals surface area contributed by atoms with E-state index < -0.39 is 0 Å². The van der Waals surface area contributed by atoms with E-state index >= 15 is 0 Å². The van der Waals surface area contributed by atoms with E-state index in [0.717, 1.165) is 84.8 Å². The van der Waals surface area contributed by atoms with Crippen molar-refractivity contribution in [3.8, 4) is 17.3 Å². The molecule has 174 valence electrons. The standard InChI is InChI=1S/C24H29ClN6O2/c1-4-31-18(14-16(3)29-31)23-27-22(25)20-17-12-15(2)13-19(21(17)26-24(20)28-23)33-9-5-6-30-7-10-32-11-8-30/h12-14H,4-11H2,1-3H3,(H,26,27,28). The predicted molar refractivity (Wildman–Crippen MR) is 130 cm³/mol. The van der Waals surface area contributed by atoms with Crippen LogP contribution >= 0.6 is 11.6 Å². The molecule has 9 heteroatoms. The average Bonchev–Trinajstić information content (AvgIpc) is 3.37. The highest BCUT2D eigenvalue weighted by Crippen LogP contribution is 2.36. The van der Waals surface area contributed by atoms with E-state index in [0.29, 0.717) is 23.2 Å². The Kier molecular flexibility index (Phi) is 6.23. The molecule has 8 nitrogen and oxygen atoms in total. The van der Waals surface area contributed by atoms with Crippen molar-refractivity contribution in [2.75, 3.05) is 39.5 Å². The van der Waals surface area contributed by atoms with Crippen LogP contribution in [0.25, 0.3) is 33.5 Å². The van der Waals surface area contributed by atoms with Gasteiger partial charge in [0, 0.05) is 31.6 Å². The number of aromatic nitrogens is 5. The summed E-state index contributed by atoms with van der Waals surface area (Å²) in [5.41, 5.74) is 4.48. The van der Waals surface area contributed by atoms with Crippen LogP contribution in [0.1, 0.15) is 24.6 Å². The van der Waals surface area contributed by atoms with Gasteiger partial charge in [0.25, 0.3) is 0 Å². The van der Waals surface area contributed by atoms with Gasteiger partial charge in [-0.2, -0.15) is 5.10 Å². The van der Waals surface area contributed by atoms with E-state index in [1.54, 1.807) is 0 Å². The summed E-state index contributed by atoms with van der Waals surface area (Å²) in [7, 11) is 0. The van der Waals surface area contributed by atoms with Crippen molar-refractivity contribution in [1.29, 1.82) is 0 Å². The van der Waals surface area contributed by atoms with Crippen LogP contribution in [0.15, 0.2) is 18.2 Å². The van der Waals surface area contributed by atoms with Crippen LogP contribution in [0.4, 0.5) is 0 Å². The molecule has 1 fully saturated rings. The Bertz CT molecular complexity index is 1290. The van der Waals surface area contributed by atoms with Gasteiger partial charge in [-0.25, -0.2) is 9.97 Å². The van der Waals surface area contributed by atoms with Gasteiger partial charge in [-0.3, -0.25) is 9.58 Å². The molecule has 0 saturated carbocycles. The Morgan fingerprint density at radius 3 is 2.76 bits per heavy atom. The molecule has 0 spiro atoms. The zero-order valence-corrected chi connectivity index (χ0v) is 20.1. The largest absolute Gasteiger partial charge is 0.491 e. The first-order chi connectivity index (χ1) is 16.0. The lowest BCUT2D eigenvalue weighted by Gasteiger charge is -2.26. The van der Waals surface area contributed by atoms with Crippen LogP contribution in [0.5, 0.6) is 5.75 Å². The normalized spacial score (nSPS) is 15.0. The van der Waals surface area contributed by atoms with Crippen molar-refractivity contribution in [3.05, 3.63) is 34.6 Å². The summed E-state index contributed by atoms with van der Waals surface area (Å²) < 4.78 is 13.5. The van der Waals surface area contributed by atoms with E-state index in [9.17, 15) is 0 Å². The number of aryl methyl sites for hydroxylation is 3. The van der Waals surface area contributed by atoms with Crippen molar-refractivity contribution in [1.82, 2.24) is 29.6 Å². The van der Waals surface area contributed by atoms with Crippen molar-refractivity contribution >= 4 is 33.5 Å². The summed E-state index contributed by atoms with van der Waals surface area (Å²) >= 11 is 6.69. The number of hydrogen-bond donors (Lipinski definition) is 1. The monoisotopic (exact) mass is 468 g/mol. The predicted octanol–water partition coefficient (Wildman–Crippen LogP) is 4.37. The summed E-state index contributed by atoms with van der Waals surface area (Å²) in [5, 5.41) is 6.73. The molecular weight excluding hydrogens is 440 g/mol. The summed E-state index contributed by atoms with van der Waals surface area (Å²) in [4.78, 5) is 15.3. The number of morpholine rings is 1. The third-order valence-corrected chi connectivity index (χ3v) is 6.31. The lowest BCUT2D eigenvalue weighted by molar-refractivity contribution is 0.0358. The molecule has 1 aliphatic rings. The molecule has 1 aliphatic heterocycles. The Hall–Kier alpha value is -2.68. The Morgan fingerprint density at radius 2 is 1.97 bits per heavy atom. The van der Waals surface area contributed by atoms with Gasteiger partial charge in [-0.15, -0.1) is 0 Å². The number of benzene rings is 1. The number of H-pyrrole nitrogens is 1. The highest BCUT2D eigenvalue weighted by Gasteiger charge is 2.19. The molecule has 33 heavy (non-hydrogen) atoms. The van der Waals surface area contributed by atoms with Gasteiger partial charge in [0.2, 0.25) is 0 Å². The molecule has 0 atom stereocenters. The zero-order valence-electron chi connectivity index (χ0n) is 19.3. The number of halogens is 1. The molecule has 4 aromatic rings. The molecule has 0 aliphatic carbocycles. The van der Waals surface area contributed by atoms with E-state index in [4.69, 9.17) is 26.1 Å². The fourth-order valence-electron chi connectivity index (χ4n) is 4.45. The van der Waals surface area contributed by atoms with Crippen LogP contribution in [0, 0.1) is 13.8 Å². The van der Waals surface area contributed by atoms with Crippen LogP contribution in [0.3, 0.4) is 0 Å². The molecule has 3 aromatic heterocycles. The van der Waals surface area contributed by atoms with Crippen LogP contribution in [0.2, 0.25) is 5.15 Å². The SMILES string of the molecule is CCn1nc(C)cc1-c1nc(Cl)c2c(n1)[nH]c1c(OCCCN3CCOCC3)cc(C)cc12. The molecule has 1 N–H and O–H groups in total. The molecule has 0 amide bonds. The number of fused-ring (bicyclic) bond motifs is 3. The Morgan fingerprint density at radius 1 is 1.15 bits per heavy atom. The van der Waals surface area contributed by atoms with Gasteiger partial charge in [-0.1, -0.05) is 11.6 Å². The second-order valence-electron chi connectivity index (χ2n) is 8.51. The molecule has 1 aromatic carbocycles. The minimum atomic E-state index is 0.423. The maximum absolute atomic E-state index is 6.69. The number of rotatable bonds is 7. The zero-order chi connectivity index (χ0) is 22.9. The first kappa shape index (κ1) is 22.1. The van der Waals surface area contributed by atoms with E-state index in [-0.39, 0.29) is 0 Å². The number of nitrogens with one attached hydrogen (secondary N) is 1. The topological polar surface area (TPSA) is 81.1 Å².